The molecule has 1 heterocycles. The fraction of sp³-hybridized carbons (Fsp3) is 0.500. The predicted molar refractivity (Wildman–Crippen MR) is 81.8 cm³/mol. The van der Waals surface area contributed by atoms with Crippen molar-refractivity contribution in [1.29, 1.82) is 0 Å². The van der Waals surface area contributed by atoms with Crippen molar-refractivity contribution < 1.29 is 9.53 Å². The monoisotopic (exact) mass is 274 g/mol. The second-order valence-electron chi connectivity index (χ2n) is 6.75. The minimum absolute atomic E-state index is 0.253. The molecule has 0 atom stereocenters. The summed E-state index contributed by atoms with van der Waals surface area (Å²) in [5.41, 5.74) is 9.08. The zero-order valence-electron chi connectivity index (χ0n) is 13.0. The molecule has 2 rings (SSSR count). The molecule has 0 radical (unpaired) electrons. The standard InChI is InChI=1S/C16H22N2O2/c1-9-16(5,6)12-11(18-9)8-7-10(13(12)17)14(19)20-15(2,3)4/h7-8H,17H2,1-6H3. The first-order chi connectivity index (χ1) is 9.04. The van der Waals surface area contributed by atoms with Gasteiger partial charge in [-0.1, -0.05) is 13.8 Å². The number of anilines is 1. The molecule has 4 heteroatoms. The molecule has 0 aromatic heterocycles. The quantitative estimate of drug-likeness (QED) is 0.628. The van der Waals surface area contributed by atoms with E-state index < -0.39 is 11.6 Å². The molecule has 0 fully saturated rings. The van der Waals surface area contributed by atoms with Gasteiger partial charge in [0.2, 0.25) is 0 Å². The van der Waals surface area contributed by atoms with E-state index >= 15 is 0 Å². The zero-order valence-corrected chi connectivity index (χ0v) is 13.0. The van der Waals surface area contributed by atoms with E-state index in [1.54, 1.807) is 6.07 Å². The SMILES string of the molecule is CC1=Nc2ccc(C(=O)OC(C)(C)C)c(N)c2C1(C)C. The summed E-state index contributed by atoms with van der Waals surface area (Å²) in [5, 5.41) is 0. The van der Waals surface area contributed by atoms with E-state index in [1.807, 2.05) is 33.8 Å². The van der Waals surface area contributed by atoms with Gasteiger partial charge in [0.05, 0.1) is 16.9 Å². The maximum absolute atomic E-state index is 12.2. The van der Waals surface area contributed by atoms with Crippen molar-refractivity contribution in [3.05, 3.63) is 23.3 Å². The first-order valence-corrected chi connectivity index (χ1v) is 6.76. The van der Waals surface area contributed by atoms with Gasteiger partial charge in [-0.15, -0.1) is 0 Å². The lowest BCUT2D eigenvalue weighted by Gasteiger charge is -2.24. The Labute approximate surface area is 120 Å². The Hall–Kier alpha value is -1.84. The summed E-state index contributed by atoms with van der Waals surface area (Å²) in [4.78, 5) is 16.8. The van der Waals surface area contributed by atoms with E-state index in [0.29, 0.717) is 11.3 Å². The fourth-order valence-electron chi connectivity index (χ4n) is 2.37. The zero-order chi connectivity index (χ0) is 15.3. The summed E-state index contributed by atoms with van der Waals surface area (Å²) in [5.74, 6) is -0.391. The molecule has 20 heavy (non-hydrogen) atoms. The molecular weight excluding hydrogens is 252 g/mol. The van der Waals surface area contributed by atoms with Crippen LogP contribution in [-0.2, 0) is 10.2 Å². The maximum Gasteiger partial charge on any atom is 0.340 e. The Kier molecular flexibility index (Phi) is 3.16. The number of fused-ring (bicyclic) bond motifs is 1. The number of nitrogens with two attached hydrogens (primary N) is 1. The lowest BCUT2D eigenvalue weighted by molar-refractivity contribution is 0.00707. The molecule has 0 aliphatic carbocycles. The summed E-state index contributed by atoms with van der Waals surface area (Å²) in [6.07, 6.45) is 0. The van der Waals surface area contributed by atoms with Crippen molar-refractivity contribution in [1.82, 2.24) is 0 Å². The number of aliphatic imine (C=N–C) groups is 1. The van der Waals surface area contributed by atoms with Crippen LogP contribution in [0.15, 0.2) is 17.1 Å². The van der Waals surface area contributed by atoms with Gasteiger partial charge in [0.1, 0.15) is 5.60 Å². The fourth-order valence-corrected chi connectivity index (χ4v) is 2.37. The first-order valence-electron chi connectivity index (χ1n) is 6.76. The second kappa shape index (κ2) is 4.33. The summed E-state index contributed by atoms with van der Waals surface area (Å²) in [7, 11) is 0. The van der Waals surface area contributed by atoms with Crippen molar-refractivity contribution in [2.75, 3.05) is 5.73 Å². The Morgan fingerprint density at radius 3 is 2.45 bits per heavy atom. The number of rotatable bonds is 1. The highest BCUT2D eigenvalue weighted by Crippen LogP contribution is 2.44. The van der Waals surface area contributed by atoms with Gasteiger partial charge in [-0.3, -0.25) is 4.99 Å². The van der Waals surface area contributed by atoms with Crippen LogP contribution in [0.5, 0.6) is 0 Å². The van der Waals surface area contributed by atoms with Crippen LogP contribution in [0.25, 0.3) is 0 Å². The van der Waals surface area contributed by atoms with E-state index in [2.05, 4.69) is 18.8 Å². The van der Waals surface area contributed by atoms with Crippen LogP contribution in [0, 0.1) is 0 Å². The molecule has 4 nitrogen and oxygen atoms in total. The van der Waals surface area contributed by atoms with Crippen LogP contribution in [0.4, 0.5) is 11.4 Å². The third kappa shape index (κ3) is 2.30. The van der Waals surface area contributed by atoms with Gasteiger partial charge in [-0.05, 0) is 39.8 Å². The summed E-state index contributed by atoms with van der Waals surface area (Å²) in [6.45, 7) is 11.6. The summed E-state index contributed by atoms with van der Waals surface area (Å²) < 4.78 is 5.40. The van der Waals surface area contributed by atoms with Crippen LogP contribution < -0.4 is 5.73 Å². The molecule has 1 aromatic rings. The molecule has 0 saturated heterocycles. The average molecular weight is 274 g/mol. The second-order valence-corrected chi connectivity index (χ2v) is 6.75. The number of carbonyl (C=O) groups excluding carboxylic acids is 1. The third-order valence-electron chi connectivity index (χ3n) is 3.66. The van der Waals surface area contributed by atoms with Crippen molar-refractivity contribution >= 4 is 23.1 Å². The highest BCUT2D eigenvalue weighted by atomic mass is 16.6. The molecular formula is C16H22N2O2. The van der Waals surface area contributed by atoms with Gasteiger partial charge in [-0.2, -0.15) is 0 Å². The minimum Gasteiger partial charge on any atom is -0.456 e. The summed E-state index contributed by atoms with van der Waals surface area (Å²) in [6, 6.07) is 3.53. The Balaban J connectivity index is 2.48. The van der Waals surface area contributed by atoms with Crippen molar-refractivity contribution in [2.45, 2.75) is 52.6 Å². The van der Waals surface area contributed by atoms with Crippen molar-refractivity contribution in [3.63, 3.8) is 0 Å². The average Bonchev–Trinajstić information content (AvgIpc) is 2.48. The highest BCUT2D eigenvalue weighted by molar-refractivity contribution is 6.05. The number of hydrogen-bond donors (Lipinski definition) is 1. The van der Waals surface area contributed by atoms with Crippen molar-refractivity contribution in [2.24, 2.45) is 4.99 Å². The molecule has 1 aliphatic heterocycles. The Bertz CT molecular complexity index is 608. The molecule has 0 spiro atoms. The van der Waals surface area contributed by atoms with Gasteiger partial charge in [0, 0.05) is 16.7 Å². The molecule has 0 amide bonds. The largest absolute Gasteiger partial charge is 0.456 e. The molecule has 0 saturated carbocycles. The van der Waals surface area contributed by atoms with Crippen LogP contribution in [0.1, 0.15) is 57.5 Å². The van der Waals surface area contributed by atoms with Crippen molar-refractivity contribution in [3.8, 4) is 0 Å². The highest BCUT2D eigenvalue weighted by Gasteiger charge is 2.36. The predicted octanol–water partition coefficient (Wildman–Crippen LogP) is 3.61. The molecule has 0 unspecified atom stereocenters. The van der Waals surface area contributed by atoms with Gasteiger partial charge >= 0.3 is 5.97 Å². The van der Waals surface area contributed by atoms with Gasteiger partial charge < -0.3 is 10.5 Å². The number of esters is 1. The maximum atomic E-state index is 12.2. The third-order valence-corrected chi connectivity index (χ3v) is 3.66. The van der Waals surface area contributed by atoms with Crippen LogP contribution in [0.2, 0.25) is 0 Å². The van der Waals surface area contributed by atoms with Gasteiger partial charge in [-0.25, -0.2) is 4.79 Å². The Morgan fingerprint density at radius 2 is 1.90 bits per heavy atom. The van der Waals surface area contributed by atoms with E-state index in [0.717, 1.165) is 17.0 Å². The molecule has 0 bridgehead atoms. The number of benzene rings is 1. The molecule has 1 aliphatic rings. The molecule has 1 aromatic carbocycles. The van der Waals surface area contributed by atoms with Crippen LogP contribution in [0.3, 0.4) is 0 Å². The van der Waals surface area contributed by atoms with Gasteiger partial charge in [0.15, 0.2) is 0 Å². The smallest absolute Gasteiger partial charge is 0.340 e. The number of ether oxygens (including phenoxy) is 1. The number of carbonyl (C=O) groups is 1. The van der Waals surface area contributed by atoms with E-state index in [9.17, 15) is 4.79 Å². The van der Waals surface area contributed by atoms with Crippen LogP contribution in [-0.4, -0.2) is 17.3 Å². The number of nitrogen functional groups attached to an aromatic ring is 1. The van der Waals surface area contributed by atoms with Crippen LogP contribution >= 0.6 is 0 Å². The van der Waals surface area contributed by atoms with E-state index in [1.165, 1.54) is 0 Å². The number of hydrogen-bond acceptors (Lipinski definition) is 4. The molecule has 2 N–H and O–H groups in total. The van der Waals surface area contributed by atoms with E-state index in [4.69, 9.17) is 10.5 Å². The first kappa shape index (κ1) is 14.6. The Morgan fingerprint density at radius 1 is 1.30 bits per heavy atom. The normalized spacial score (nSPS) is 16.6. The van der Waals surface area contributed by atoms with Gasteiger partial charge in [0.25, 0.3) is 0 Å². The topological polar surface area (TPSA) is 64.7 Å². The lowest BCUT2D eigenvalue weighted by atomic mass is 9.80. The lowest BCUT2D eigenvalue weighted by Crippen LogP contribution is -2.27. The minimum atomic E-state index is -0.537. The molecule has 108 valence electrons. The number of nitrogens with zero attached hydrogens (tertiary/aromatic N) is 1. The van der Waals surface area contributed by atoms with E-state index in [-0.39, 0.29) is 5.41 Å². The summed E-state index contributed by atoms with van der Waals surface area (Å²) >= 11 is 0.